The van der Waals surface area contributed by atoms with Crippen LogP contribution in [0.1, 0.15) is 6.92 Å². The van der Waals surface area contributed by atoms with Gasteiger partial charge in [0.1, 0.15) is 6.07 Å². The molecule has 0 amide bonds. The number of nitro benzene ring substituents is 1. The number of rotatable bonds is 5. The molecular formula is C12H10N4O5. The molecule has 0 fully saturated rings. The lowest BCUT2D eigenvalue weighted by molar-refractivity contribution is -0.384. The predicted octanol–water partition coefficient (Wildman–Crippen LogP) is 2.53. The zero-order valence-electron chi connectivity index (χ0n) is 10.9. The molecule has 1 rings (SSSR count). The van der Waals surface area contributed by atoms with Crippen LogP contribution in [0.4, 0.5) is 11.4 Å². The third kappa shape index (κ3) is 4.39. The fourth-order valence-corrected chi connectivity index (χ4v) is 1.19. The molecule has 1 aromatic carbocycles. The molecule has 0 aliphatic heterocycles. The number of carbonyl (C=O) groups is 1. The van der Waals surface area contributed by atoms with Crippen LogP contribution in [0.5, 0.6) is 0 Å². The summed E-state index contributed by atoms with van der Waals surface area (Å²) in [6, 6.07) is 6.36. The van der Waals surface area contributed by atoms with Crippen LogP contribution in [0.3, 0.4) is 0 Å². The smallest absolute Gasteiger partial charge is 0.363 e. The van der Waals surface area contributed by atoms with E-state index in [9.17, 15) is 20.0 Å². The molecule has 0 aliphatic rings. The molecule has 21 heavy (non-hydrogen) atoms. The van der Waals surface area contributed by atoms with Crippen LogP contribution in [0.25, 0.3) is 0 Å². The Bertz CT molecular complexity index is 643. The number of nitrogens with zero attached hydrogens (tertiary/aromatic N) is 4. The minimum absolute atomic E-state index is 0.0358. The summed E-state index contributed by atoms with van der Waals surface area (Å²) in [7, 11) is 0. The number of azo groups is 1. The van der Waals surface area contributed by atoms with Gasteiger partial charge in [0.15, 0.2) is 0 Å². The SMILES string of the molecule is CCOC(=O)/C(N=Nc1ccc([N+](=O)[O-])cc1)=C(/O)C#N. The molecule has 0 atom stereocenters. The van der Waals surface area contributed by atoms with E-state index in [0.717, 1.165) is 0 Å². The summed E-state index contributed by atoms with van der Waals surface area (Å²) in [5, 5.41) is 35.4. The number of esters is 1. The molecule has 0 aromatic heterocycles. The van der Waals surface area contributed by atoms with Gasteiger partial charge >= 0.3 is 5.97 Å². The predicted molar refractivity (Wildman–Crippen MR) is 69.5 cm³/mol. The van der Waals surface area contributed by atoms with Crippen molar-refractivity contribution < 1.29 is 19.6 Å². The van der Waals surface area contributed by atoms with E-state index in [4.69, 9.17) is 5.26 Å². The van der Waals surface area contributed by atoms with Crippen LogP contribution in [-0.2, 0) is 9.53 Å². The third-order valence-electron chi connectivity index (χ3n) is 2.12. The lowest BCUT2D eigenvalue weighted by Crippen LogP contribution is -2.08. The average molecular weight is 290 g/mol. The minimum atomic E-state index is -0.998. The van der Waals surface area contributed by atoms with Crippen molar-refractivity contribution >= 4 is 17.3 Å². The van der Waals surface area contributed by atoms with Crippen molar-refractivity contribution in [2.75, 3.05) is 6.61 Å². The third-order valence-corrected chi connectivity index (χ3v) is 2.12. The Hall–Kier alpha value is -3.28. The summed E-state index contributed by atoms with van der Waals surface area (Å²) in [5.41, 5.74) is -0.569. The Morgan fingerprint density at radius 1 is 1.48 bits per heavy atom. The second-order valence-corrected chi connectivity index (χ2v) is 3.50. The number of nitriles is 1. The molecule has 0 heterocycles. The zero-order valence-corrected chi connectivity index (χ0v) is 10.9. The van der Waals surface area contributed by atoms with Crippen LogP contribution in [0.15, 0.2) is 46.0 Å². The van der Waals surface area contributed by atoms with Gasteiger partial charge in [-0.15, -0.1) is 5.11 Å². The van der Waals surface area contributed by atoms with Gasteiger partial charge < -0.3 is 9.84 Å². The van der Waals surface area contributed by atoms with E-state index in [1.54, 1.807) is 6.92 Å². The van der Waals surface area contributed by atoms with Gasteiger partial charge in [0.05, 0.1) is 17.2 Å². The maximum atomic E-state index is 11.5. The second-order valence-electron chi connectivity index (χ2n) is 3.50. The molecule has 9 nitrogen and oxygen atoms in total. The fraction of sp³-hybridized carbons (Fsp3) is 0.167. The Labute approximate surface area is 118 Å². The summed E-state index contributed by atoms with van der Waals surface area (Å²) >= 11 is 0. The summed E-state index contributed by atoms with van der Waals surface area (Å²) in [4.78, 5) is 21.4. The zero-order chi connectivity index (χ0) is 15.8. The number of allylic oxidation sites excluding steroid dienone is 1. The second kappa shape index (κ2) is 7.34. The van der Waals surface area contributed by atoms with Crippen molar-refractivity contribution in [3.05, 3.63) is 45.8 Å². The first kappa shape index (κ1) is 15.8. The van der Waals surface area contributed by atoms with Crippen LogP contribution in [0, 0.1) is 21.4 Å². The molecule has 0 bridgehead atoms. The molecule has 108 valence electrons. The maximum absolute atomic E-state index is 11.5. The topological polar surface area (TPSA) is 138 Å². The molecule has 0 saturated carbocycles. The van der Waals surface area contributed by atoms with Crippen molar-refractivity contribution in [2.24, 2.45) is 10.2 Å². The van der Waals surface area contributed by atoms with Crippen molar-refractivity contribution in [1.82, 2.24) is 0 Å². The van der Waals surface area contributed by atoms with Gasteiger partial charge in [-0.25, -0.2) is 4.79 Å². The molecule has 0 unspecified atom stereocenters. The van der Waals surface area contributed by atoms with Gasteiger partial charge in [0.25, 0.3) is 5.69 Å². The Morgan fingerprint density at radius 3 is 2.57 bits per heavy atom. The highest BCUT2D eigenvalue weighted by molar-refractivity contribution is 5.89. The monoisotopic (exact) mass is 290 g/mol. The van der Waals surface area contributed by atoms with Crippen molar-refractivity contribution in [3.63, 3.8) is 0 Å². The number of aliphatic hydroxyl groups is 1. The molecule has 1 N–H and O–H groups in total. The normalized spacial score (nSPS) is 11.6. The molecule has 9 heteroatoms. The molecule has 1 aromatic rings. The number of aliphatic hydroxyl groups excluding tert-OH is 1. The number of nitro groups is 1. The summed E-state index contributed by atoms with van der Waals surface area (Å²) in [6.45, 7) is 1.58. The van der Waals surface area contributed by atoms with Crippen molar-refractivity contribution in [1.29, 1.82) is 5.26 Å². The van der Waals surface area contributed by atoms with E-state index in [1.807, 2.05) is 0 Å². The lowest BCUT2D eigenvalue weighted by Gasteiger charge is -2.00. The standard InChI is InChI=1S/C12H10N4O5/c1-2-21-12(18)11(10(17)7-13)15-14-8-3-5-9(6-4-8)16(19)20/h3-6,17H,2H2,1H3/b11-10-,15-14?. The van der Waals surface area contributed by atoms with Gasteiger partial charge in [0.2, 0.25) is 11.5 Å². The van der Waals surface area contributed by atoms with Gasteiger partial charge in [0, 0.05) is 12.1 Å². The average Bonchev–Trinajstić information content (AvgIpc) is 2.47. The molecule has 0 spiro atoms. The first-order valence-electron chi connectivity index (χ1n) is 5.66. The van der Waals surface area contributed by atoms with Gasteiger partial charge in [-0.1, -0.05) is 0 Å². The Kier molecular flexibility index (Phi) is 5.52. The first-order valence-corrected chi connectivity index (χ1v) is 5.66. The molecule has 0 aliphatic carbocycles. The van der Waals surface area contributed by atoms with E-state index in [0.29, 0.717) is 0 Å². The minimum Gasteiger partial charge on any atom is -0.498 e. The highest BCUT2D eigenvalue weighted by Crippen LogP contribution is 2.19. The Balaban J connectivity index is 3.01. The first-order chi connectivity index (χ1) is 9.99. The van der Waals surface area contributed by atoms with Crippen LogP contribution < -0.4 is 0 Å². The highest BCUT2D eigenvalue weighted by atomic mass is 16.6. The van der Waals surface area contributed by atoms with E-state index >= 15 is 0 Å². The van der Waals surface area contributed by atoms with Crippen LogP contribution in [0.2, 0.25) is 0 Å². The number of hydrogen-bond donors (Lipinski definition) is 1. The van der Waals surface area contributed by atoms with Gasteiger partial charge in [-0.2, -0.15) is 10.4 Å². The largest absolute Gasteiger partial charge is 0.498 e. The van der Waals surface area contributed by atoms with E-state index < -0.39 is 22.3 Å². The van der Waals surface area contributed by atoms with Crippen molar-refractivity contribution in [3.8, 4) is 6.07 Å². The van der Waals surface area contributed by atoms with E-state index in [1.165, 1.54) is 30.3 Å². The number of hydrogen-bond acceptors (Lipinski definition) is 8. The van der Waals surface area contributed by atoms with E-state index in [-0.39, 0.29) is 18.0 Å². The van der Waals surface area contributed by atoms with Gasteiger partial charge in [-0.05, 0) is 19.1 Å². The molecule has 0 saturated heterocycles. The number of benzene rings is 1. The fourth-order valence-electron chi connectivity index (χ4n) is 1.19. The maximum Gasteiger partial charge on any atom is 0.363 e. The number of carbonyl (C=O) groups excluding carboxylic acids is 1. The lowest BCUT2D eigenvalue weighted by atomic mass is 10.3. The van der Waals surface area contributed by atoms with Crippen LogP contribution >= 0.6 is 0 Å². The van der Waals surface area contributed by atoms with E-state index in [2.05, 4.69) is 15.0 Å². The quantitative estimate of drug-likeness (QED) is 0.129. The molecule has 0 radical (unpaired) electrons. The summed E-state index contributed by atoms with van der Waals surface area (Å²) in [5.74, 6) is -1.93. The highest BCUT2D eigenvalue weighted by Gasteiger charge is 2.16. The molecular weight excluding hydrogens is 280 g/mol. The Morgan fingerprint density at radius 2 is 2.10 bits per heavy atom. The van der Waals surface area contributed by atoms with Crippen molar-refractivity contribution in [2.45, 2.75) is 6.92 Å². The number of non-ortho nitro benzene ring substituents is 1. The summed E-state index contributed by atoms with van der Waals surface area (Å²) < 4.78 is 4.62. The summed E-state index contributed by atoms with van der Waals surface area (Å²) in [6.07, 6.45) is 0. The number of ether oxygens (including phenoxy) is 1. The van der Waals surface area contributed by atoms with Gasteiger partial charge in [-0.3, -0.25) is 10.1 Å². The van der Waals surface area contributed by atoms with Crippen LogP contribution in [-0.4, -0.2) is 22.6 Å².